The molecule has 2 fully saturated rings. The number of amides is 1. The van der Waals surface area contributed by atoms with E-state index in [4.69, 9.17) is 5.10 Å². The van der Waals surface area contributed by atoms with Gasteiger partial charge in [-0.25, -0.2) is 9.67 Å². The van der Waals surface area contributed by atoms with Gasteiger partial charge in [0, 0.05) is 43.1 Å². The zero-order valence-electron chi connectivity index (χ0n) is 14.5. The van der Waals surface area contributed by atoms with Gasteiger partial charge >= 0.3 is 0 Å². The van der Waals surface area contributed by atoms with Crippen molar-refractivity contribution in [3.63, 3.8) is 0 Å². The quantitative estimate of drug-likeness (QED) is 0.839. The predicted octanol–water partition coefficient (Wildman–Crippen LogP) is 1.72. The Hall–Kier alpha value is -1.95. The highest BCUT2D eigenvalue weighted by atomic mass is 16.2. The first-order valence-corrected chi connectivity index (χ1v) is 8.88. The Bertz CT molecular complexity index is 749. The van der Waals surface area contributed by atoms with Gasteiger partial charge in [0.15, 0.2) is 5.65 Å². The monoisotopic (exact) mass is 327 g/mol. The summed E-state index contributed by atoms with van der Waals surface area (Å²) in [4.78, 5) is 21.1. The van der Waals surface area contributed by atoms with Crippen molar-refractivity contribution in [2.75, 3.05) is 33.7 Å². The lowest BCUT2D eigenvalue weighted by molar-refractivity contribution is -0.131. The highest BCUT2D eigenvalue weighted by Crippen LogP contribution is 2.36. The molecule has 2 aliphatic rings. The van der Waals surface area contributed by atoms with Gasteiger partial charge < -0.3 is 9.80 Å². The van der Waals surface area contributed by atoms with E-state index in [1.807, 2.05) is 21.8 Å². The van der Waals surface area contributed by atoms with Crippen LogP contribution in [0.2, 0.25) is 0 Å². The van der Waals surface area contributed by atoms with E-state index in [2.05, 4.69) is 30.0 Å². The summed E-state index contributed by atoms with van der Waals surface area (Å²) in [5, 5.41) is 6.03. The summed E-state index contributed by atoms with van der Waals surface area (Å²) in [7, 11) is 4.14. The number of pyridine rings is 1. The summed E-state index contributed by atoms with van der Waals surface area (Å²) >= 11 is 0. The van der Waals surface area contributed by atoms with Crippen molar-refractivity contribution in [3.8, 4) is 0 Å². The van der Waals surface area contributed by atoms with Crippen molar-refractivity contribution >= 4 is 16.9 Å². The summed E-state index contributed by atoms with van der Waals surface area (Å²) in [5.74, 6) is 0.992. The van der Waals surface area contributed by atoms with Gasteiger partial charge in [-0.3, -0.25) is 4.79 Å². The van der Waals surface area contributed by atoms with E-state index in [1.54, 1.807) is 0 Å². The molecule has 1 aliphatic heterocycles. The van der Waals surface area contributed by atoms with Crippen LogP contribution in [0.5, 0.6) is 0 Å². The molecule has 0 radical (unpaired) electrons. The highest BCUT2D eigenvalue weighted by Gasteiger charge is 2.37. The molecule has 6 heteroatoms. The fourth-order valence-electron chi connectivity index (χ4n) is 3.56. The van der Waals surface area contributed by atoms with Gasteiger partial charge in [-0.05, 0) is 45.5 Å². The largest absolute Gasteiger partial charge is 0.342 e. The molecule has 2 aromatic rings. The van der Waals surface area contributed by atoms with Crippen molar-refractivity contribution < 1.29 is 4.79 Å². The molecule has 0 bridgehead atoms. The molecule has 1 saturated heterocycles. The molecule has 4 rings (SSSR count). The maximum Gasteiger partial charge on any atom is 0.225 e. The number of hydrogen-bond acceptors (Lipinski definition) is 4. The fourth-order valence-corrected chi connectivity index (χ4v) is 3.56. The third kappa shape index (κ3) is 2.90. The van der Waals surface area contributed by atoms with Crippen molar-refractivity contribution in [2.45, 2.75) is 31.7 Å². The summed E-state index contributed by atoms with van der Waals surface area (Å²) in [5.41, 5.74) is 2.07. The maximum atomic E-state index is 12.3. The molecular weight excluding hydrogens is 302 g/mol. The lowest BCUT2D eigenvalue weighted by atomic mass is 10.0. The Labute approximate surface area is 142 Å². The lowest BCUT2D eigenvalue weighted by Crippen LogP contribution is -2.29. The van der Waals surface area contributed by atoms with E-state index in [0.717, 1.165) is 62.2 Å². The van der Waals surface area contributed by atoms with E-state index in [9.17, 15) is 4.79 Å². The van der Waals surface area contributed by atoms with E-state index in [1.165, 1.54) is 0 Å². The Morgan fingerprint density at radius 3 is 2.92 bits per heavy atom. The normalized spacial score (nSPS) is 21.1. The van der Waals surface area contributed by atoms with Gasteiger partial charge in [-0.2, -0.15) is 5.10 Å². The van der Waals surface area contributed by atoms with E-state index >= 15 is 0 Å². The molecule has 0 spiro atoms. The minimum atomic E-state index is 0.305. The van der Waals surface area contributed by atoms with Crippen LogP contribution in [0.25, 0.3) is 11.0 Å². The first-order valence-electron chi connectivity index (χ1n) is 8.88. The van der Waals surface area contributed by atoms with Crippen LogP contribution in [0.15, 0.2) is 18.3 Å². The standard InChI is InChI=1S/C18H25N5O/c1-21(2)10-11-23-17-15(4-3-8-19-17)16(20-23)14-7-9-22(12-14)18(24)13-5-6-13/h3-4,8,13-14H,5-7,9-12H2,1-2H3/t14-/m1/s1. The highest BCUT2D eigenvalue weighted by molar-refractivity contribution is 5.82. The van der Waals surface area contributed by atoms with Gasteiger partial charge in [0.1, 0.15) is 0 Å². The first kappa shape index (κ1) is 15.6. The predicted molar refractivity (Wildman–Crippen MR) is 92.7 cm³/mol. The van der Waals surface area contributed by atoms with Crippen LogP contribution in [0.1, 0.15) is 30.9 Å². The average Bonchev–Trinajstić information content (AvgIpc) is 3.20. The van der Waals surface area contributed by atoms with E-state index in [0.29, 0.717) is 17.7 Å². The van der Waals surface area contributed by atoms with Crippen LogP contribution < -0.4 is 0 Å². The summed E-state index contributed by atoms with van der Waals surface area (Å²) in [6.45, 7) is 3.44. The molecule has 0 unspecified atom stereocenters. The van der Waals surface area contributed by atoms with Gasteiger partial charge in [-0.1, -0.05) is 0 Å². The molecule has 1 atom stereocenters. The zero-order chi connectivity index (χ0) is 16.7. The smallest absolute Gasteiger partial charge is 0.225 e. The third-order valence-corrected chi connectivity index (χ3v) is 5.11. The number of fused-ring (bicyclic) bond motifs is 1. The molecule has 6 nitrogen and oxygen atoms in total. The van der Waals surface area contributed by atoms with Crippen LogP contribution in [0.4, 0.5) is 0 Å². The van der Waals surface area contributed by atoms with Crippen molar-refractivity contribution in [1.82, 2.24) is 24.6 Å². The fraction of sp³-hybridized carbons (Fsp3) is 0.611. The maximum absolute atomic E-state index is 12.3. The average molecular weight is 327 g/mol. The summed E-state index contributed by atoms with van der Waals surface area (Å²) in [6.07, 6.45) is 4.99. The SMILES string of the molecule is CN(C)CCn1nc([C@@H]2CCN(C(=O)C3CC3)C2)c2cccnc21. The Morgan fingerprint density at radius 1 is 1.33 bits per heavy atom. The van der Waals surface area contributed by atoms with Crippen LogP contribution in [0.3, 0.4) is 0 Å². The molecule has 1 aliphatic carbocycles. The number of likely N-dealkylation sites (tertiary alicyclic amines) is 1. The van der Waals surface area contributed by atoms with Crippen LogP contribution in [-0.2, 0) is 11.3 Å². The van der Waals surface area contributed by atoms with E-state index in [-0.39, 0.29) is 0 Å². The van der Waals surface area contributed by atoms with Gasteiger partial charge in [-0.15, -0.1) is 0 Å². The van der Waals surface area contributed by atoms with Gasteiger partial charge in [0.25, 0.3) is 0 Å². The minimum Gasteiger partial charge on any atom is -0.342 e. The van der Waals surface area contributed by atoms with Crippen molar-refractivity contribution in [2.24, 2.45) is 5.92 Å². The molecule has 2 aromatic heterocycles. The number of nitrogens with zero attached hydrogens (tertiary/aromatic N) is 5. The zero-order valence-corrected chi connectivity index (χ0v) is 14.5. The second-order valence-corrected chi connectivity index (χ2v) is 7.33. The molecule has 1 amide bonds. The van der Waals surface area contributed by atoms with E-state index < -0.39 is 0 Å². The number of likely N-dealkylation sites (N-methyl/N-ethyl adjacent to an activating group) is 1. The molecule has 1 saturated carbocycles. The molecular formula is C18H25N5O. The Balaban J connectivity index is 1.58. The summed E-state index contributed by atoms with van der Waals surface area (Å²) in [6, 6.07) is 4.09. The number of carbonyl (C=O) groups is 1. The third-order valence-electron chi connectivity index (χ3n) is 5.11. The molecule has 3 heterocycles. The van der Waals surface area contributed by atoms with Gasteiger partial charge in [0.2, 0.25) is 5.91 Å². The molecule has 128 valence electrons. The first-order chi connectivity index (χ1) is 11.6. The van der Waals surface area contributed by atoms with Crippen LogP contribution in [-0.4, -0.2) is 64.2 Å². The van der Waals surface area contributed by atoms with Gasteiger partial charge in [0.05, 0.1) is 12.2 Å². The number of aromatic nitrogens is 3. The number of hydrogen-bond donors (Lipinski definition) is 0. The Kier molecular flexibility index (Phi) is 4.00. The second kappa shape index (κ2) is 6.16. The van der Waals surface area contributed by atoms with Crippen molar-refractivity contribution in [3.05, 3.63) is 24.0 Å². The molecule has 24 heavy (non-hydrogen) atoms. The molecule has 0 N–H and O–H groups in total. The number of carbonyl (C=O) groups excluding carboxylic acids is 1. The van der Waals surface area contributed by atoms with Crippen LogP contribution >= 0.6 is 0 Å². The molecule has 0 aromatic carbocycles. The Morgan fingerprint density at radius 2 is 2.17 bits per heavy atom. The van der Waals surface area contributed by atoms with Crippen molar-refractivity contribution in [1.29, 1.82) is 0 Å². The minimum absolute atomic E-state index is 0.305. The summed E-state index contributed by atoms with van der Waals surface area (Å²) < 4.78 is 2.02. The topological polar surface area (TPSA) is 54.3 Å². The van der Waals surface area contributed by atoms with Crippen LogP contribution in [0, 0.1) is 5.92 Å². The second-order valence-electron chi connectivity index (χ2n) is 7.33. The lowest BCUT2D eigenvalue weighted by Gasteiger charge is -2.15. The number of rotatable bonds is 5.